The zero-order chi connectivity index (χ0) is 22.5. The highest BCUT2D eigenvalue weighted by atomic mass is 32.2. The summed E-state index contributed by atoms with van der Waals surface area (Å²) in [4.78, 5) is 13.8. The van der Waals surface area contributed by atoms with Gasteiger partial charge in [-0.1, -0.05) is 13.8 Å². The Hall–Kier alpha value is -2.45. The summed E-state index contributed by atoms with van der Waals surface area (Å²) in [5.74, 6) is -0.602. The molecule has 2 rings (SSSR count). The molecule has 1 N–H and O–H groups in total. The molecule has 2 aromatic rings. The lowest BCUT2D eigenvalue weighted by Gasteiger charge is -2.30. The summed E-state index contributed by atoms with van der Waals surface area (Å²) in [6, 6.07) is 10.0. The average molecular weight is 436 g/mol. The number of rotatable bonds is 9. The Labute approximate surface area is 178 Å². The van der Waals surface area contributed by atoms with Crippen LogP contribution in [0.2, 0.25) is 0 Å². The van der Waals surface area contributed by atoms with E-state index in [1.54, 1.807) is 19.1 Å². The van der Waals surface area contributed by atoms with Gasteiger partial charge in [-0.15, -0.1) is 0 Å². The minimum Gasteiger partial charge on any atom is -0.377 e. The van der Waals surface area contributed by atoms with Crippen molar-refractivity contribution in [3.05, 3.63) is 53.8 Å². The number of anilines is 2. The van der Waals surface area contributed by atoms with Crippen LogP contribution in [-0.2, 0) is 21.4 Å². The van der Waals surface area contributed by atoms with Crippen molar-refractivity contribution in [2.45, 2.75) is 51.1 Å². The first-order chi connectivity index (χ1) is 14.1. The van der Waals surface area contributed by atoms with E-state index < -0.39 is 15.8 Å². The number of nitrogens with zero attached hydrogens (tertiary/aromatic N) is 2. The number of carbonyl (C=O) groups is 1. The van der Waals surface area contributed by atoms with Gasteiger partial charge in [0.05, 0.1) is 4.90 Å². The largest absolute Gasteiger partial charge is 0.377 e. The Balaban J connectivity index is 2.50. The molecule has 0 saturated carbocycles. The summed E-state index contributed by atoms with van der Waals surface area (Å²) in [7, 11) is -0.0893. The minimum absolute atomic E-state index is 0.0473. The lowest BCUT2D eigenvalue weighted by atomic mass is 10.1. The van der Waals surface area contributed by atoms with Gasteiger partial charge in [0.15, 0.2) is 0 Å². The van der Waals surface area contributed by atoms with Crippen LogP contribution >= 0.6 is 0 Å². The number of amides is 1. The lowest BCUT2D eigenvalue weighted by molar-refractivity contribution is -0.115. The van der Waals surface area contributed by atoms with Crippen molar-refractivity contribution >= 4 is 27.3 Å². The monoisotopic (exact) mass is 435 g/mol. The molecule has 0 aliphatic rings. The summed E-state index contributed by atoms with van der Waals surface area (Å²) in [6.45, 7) is 5.66. The fourth-order valence-corrected chi connectivity index (χ4v) is 4.75. The van der Waals surface area contributed by atoms with E-state index in [4.69, 9.17) is 0 Å². The number of benzene rings is 2. The predicted molar refractivity (Wildman–Crippen MR) is 119 cm³/mol. The molecular formula is C22H30FN3O3S. The van der Waals surface area contributed by atoms with Crippen molar-refractivity contribution in [3.63, 3.8) is 0 Å². The maximum Gasteiger partial charge on any atom is 0.243 e. The summed E-state index contributed by atoms with van der Waals surface area (Å²) < 4.78 is 41.5. The third kappa shape index (κ3) is 5.58. The molecule has 0 heterocycles. The summed E-state index contributed by atoms with van der Waals surface area (Å²) >= 11 is 0. The Morgan fingerprint density at radius 1 is 1.10 bits per heavy atom. The first-order valence-corrected chi connectivity index (χ1v) is 11.4. The molecular weight excluding hydrogens is 405 g/mol. The van der Waals surface area contributed by atoms with Crippen LogP contribution in [0, 0.1) is 5.82 Å². The first kappa shape index (κ1) is 23.8. The molecule has 0 aliphatic carbocycles. The zero-order valence-electron chi connectivity index (χ0n) is 18.1. The molecule has 30 heavy (non-hydrogen) atoms. The van der Waals surface area contributed by atoms with E-state index in [0.717, 1.165) is 23.4 Å². The van der Waals surface area contributed by atoms with E-state index in [2.05, 4.69) is 5.32 Å². The molecule has 0 bridgehead atoms. The van der Waals surface area contributed by atoms with Gasteiger partial charge < -0.3 is 10.2 Å². The fraction of sp³-hybridized carbons (Fsp3) is 0.409. The normalized spacial score (nSPS) is 12.6. The fourth-order valence-electron chi connectivity index (χ4n) is 3.07. The SMILES string of the molecule is CCC(=O)Nc1ccc(N(C)C)c(CN(C(C)CC)S(=O)(=O)c2ccc(F)cc2)c1. The van der Waals surface area contributed by atoms with Gasteiger partial charge >= 0.3 is 0 Å². The van der Waals surface area contributed by atoms with Crippen molar-refractivity contribution in [1.82, 2.24) is 4.31 Å². The summed E-state index contributed by atoms with van der Waals surface area (Å²) in [5.41, 5.74) is 2.23. The molecule has 1 atom stereocenters. The van der Waals surface area contributed by atoms with E-state index >= 15 is 0 Å². The molecule has 6 nitrogen and oxygen atoms in total. The molecule has 1 amide bonds. The van der Waals surface area contributed by atoms with E-state index in [1.807, 2.05) is 38.9 Å². The van der Waals surface area contributed by atoms with Crippen LogP contribution in [-0.4, -0.2) is 38.8 Å². The van der Waals surface area contributed by atoms with Crippen molar-refractivity contribution < 1.29 is 17.6 Å². The van der Waals surface area contributed by atoms with Crippen LogP contribution in [0.15, 0.2) is 47.4 Å². The van der Waals surface area contributed by atoms with Crippen LogP contribution in [0.3, 0.4) is 0 Å². The standard InChI is InChI=1S/C22H30FN3O3S/c1-6-16(3)26(30(28,29)20-11-8-18(23)9-12-20)15-17-14-19(24-22(27)7-2)10-13-21(17)25(4)5/h8-14,16H,6-7,15H2,1-5H3,(H,24,27). The van der Waals surface area contributed by atoms with Crippen molar-refractivity contribution in [1.29, 1.82) is 0 Å². The molecule has 0 aliphatic heterocycles. The van der Waals surface area contributed by atoms with E-state index in [-0.39, 0.29) is 23.4 Å². The predicted octanol–water partition coefficient (Wildman–Crippen LogP) is 4.23. The van der Waals surface area contributed by atoms with Gasteiger partial charge in [0, 0.05) is 44.5 Å². The highest BCUT2D eigenvalue weighted by Gasteiger charge is 2.29. The number of carbonyl (C=O) groups excluding carboxylic acids is 1. The topological polar surface area (TPSA) is 69.7 Å². The Morgan fingerprint density at radius 2 is 1.73 bits per heavy atom. The van der Waals surface area contributed by atoms with Crippen LogP contribution in [0.4, 0.5) is 15.8 Å². The maximum absolute atomic E-state index is 13.4. The highest BCUT2D eigenvalue weighted by molar-refractivity contribution is 7.89. The summed E-state index contributed by atoms with van der Waals surface area (Å²) in [6.07, 6.45) is 0.965. The van der Waals surface area contributed by atoms with Gasteiger partial charge in [-0.25, -0.2) is 12.8 Å². The second kappa shape index (κ2) is 10.0. The highest BCUT2D eigenvalue weighted by Crippen LogP contribution is 2.29. The van der Waals surface area contributed by atoms with Crippen molar-refractivity contribution in [3.8, 4) is 0 Å². The lowest BCUT2D eigenvalue weighted by Crippen LogP contribution is -2.38. The van der Waals surface area contributed by atoms with Crippen molar-refractivity contribution in [2.75, 3.05) is 24.3 Å². The first-order valence-electron chi connectivity index (χ1n) is 9.97. The Bertz CT molecular complexity index is 976. The minimum atomic E-state index is -3.85. The Kier molecular flexibility index (Phi) is 7.97. The Morgan fingerprint density at radius 3 is 2.27 bits per heavy atom. The third-order valence-corrected chi connectivity index (χ3v) is 6.97. The molecule has 0 saturated heterocycles. The van der Waals surface area contributed by atoms with E-state index in [1.165, 1.54) is 16.4 Å². The smallest absolute Gasteiger partial charge is 0.243 e. The van der Waals surface area contributed by atoms with Crippen molar-refractivity contribution in [2.24, 2.45) is 0 Å². The molecule has 0 fully saturated rings. The molecule has 0 spiro atoms. The van der Waals surface area contributed by atoms with Gasteiger partial charge in [0.1, 0.15) is 5.82 Å². The van der Waals surface area contributed by atoms with E-state index in [0.29, 0.717) is 18.5 Å². The van der Waals surface area contributed by atoms with Crippen LogP contribution in [0.25, 0.3) is 0 Å². The summed E-state index contributed by atoms with van der Waals surface area (Å²) in [5, 5.41) is 2.82. The number of nitrogens with one attached hydrogen (secondary N) is 1. The maximum atomic E-state index is 13.4. The van der Waals surface area contributed by atoms with Crippen LogP contribution < -0.4 is 10.2 Å². The molecule has 0 aromatic heterocycles. The second-order valence-electron chi connectivity index (χ2n) is 7.40. The number of halogens is 1. The molecule has 0 radical (unpaired) electrons. The van der Waals surface area contributed by atoms with Gasteiger partial charge in [-0.3, -0.25) is 4.79 Å². The molecule has 8 heteroatoms. The number of sulfonamides is 1. The third-order valence-electron chi connectivity index (χ3n) is 5.00. The number of hydrogen-bond acceptors (Lipinski definition) is 4. The number of hydrogen-bond donors (Lipinski definition) is 1. The van der Waals surface area contributed by atoms with Gasteiger partial charge in [-0.05, 0) is 61.4 Å². The van der Waals surface area contributed by atoms with Gasteiger partial charge in [-0.2, -0.15) is 4.31 Å². The zero-order valence-corrected chi connectivity index (χ0v) is 19.0. The van der Waals surface area contributed by atoms with E-state index in [9.17, 15) is 17.6 Å². The second-order valence-corrected chi connectivity index (χ2v) is 9.29. The molecule has 2 aromatic carbocycles. The van der Waals surface area contributed by atoms with Crippen LogP contribution in [0.5, 0.6) is 0 Å². The van der Waals surface area contributed by atoms with Crippen LogP contribution in [0.1, 0.15) is 39.2 Å². The molecule has 1 unspecified atom stereocenters. The quantitative estimate of drug-likeness (QED) is 0.640. The average Bonchev–Trinajstić information content (AvgIpc) is 2.71. The van der Waals surface area contributed by atoms with Gasteiger partial charge in [0.2, 0.25) is 15.9 Å². The molecule has 164 valence electrons. The van der Waals surface area contributed by atoms with Gasteiger partial charge in [0.25, 0.3) is 0 Å².